The number of benzene rings is 1. The maximum atomic E-state index is 13.4. The van der Waals surface area contributed by atoms with Crippen molar-refractivity contribution < 1.29 is 4.79 Å². The third-order valence-corrected chi connectivity index (χ3v) is 6.25. The van der Waals surface area contributed by atoms with Gasteiger partial charge in [0.15, 0.2) is 5.65 Å². The van der Waals surface area contributed by atoms with E-state index in [2.05, 4.69) is 52.6 Å². The van der Waals surface area contributed by atoms with E-state index in [0.717, 1.165) is 42.1 Å². The number of carbonyl (C=O) groups is 1. The molecule has 1 saturated carbocycles. The summed E-state index contributed by atoms with van der Waals surface area (Å²) in [6, 6.07) is 10.2. The Morgan fingerprint density at radius 1 is 1.10 bits per heavy atom. The number of carbonyl (C=O) groups excluding carboxylic acids is 1. The van der Waals surface area contributed by atoms with E-state index in [-0.39, 0.29) is 11.9 Å². The van der Waals surface area contributed by atoms with E-state index in [9.17, 15) is 4.79 Å². The monoisotopic (exact) mass is 400 g/mol. The molecular weight excluding hydrogens is 376 g/mol. The zero-order chi connectivity index (χ0) is 20.7. The quantitative estimate of drug-likeness (QED) is 0.520. The van der Waals surface area contributed by atoms with Crippen LogP contribution in [0.5, 0.6) is 0 Å². The van der Waals surface area contributed by atoms with Gasteiger partial charge in [0.1, 0.15) is 0 Å². The molecular formula is C23H24N6O. The number of hydrogen-bond acceptors (Lipinski definition) is 5. The van der Waals surface area contributed by atoms with Gasteiger partial charge >= 0.3 is 0 Å². The van der Waals surface area contributed by atoms with Gasteiger partial charge in [-0.25, -0.2) is 0 Å². The molecule has 0 unspecified atom stereocenters. The Bertz CT molecular complexity index is 1230. The maximum Gasteiger partial charge on any atom is 0.254 e. The SMILES string of the molecule is Cc1cc2cc(CN(C(=O)c3ccncc3)C3CCCC3)c3nnnn3c2cc1C. The molecule has 1 fully saturated rings. The van der Waals surface area contributed by atoms with Crippen LogP contribution in [0.2, 0.25) is 0 Å². The van der Waals surface area contributed by atoms with Crippen LogP contribution in [0.3, 0.4) is 0 Å². The molecule has 1 aliphatic rings. The predicted octanol–water partition coefficient (Wildman–Crippen LogP) is 3.87. The number of amides is 1. The summed E-state index contributed by atoms with van der Waals surface area (Å²) in [5.74, 6) is 0.0371. The number of pyridine rings is 2. The highest BCUT2D eigenvalue weighted by atomic mass is 16.2. The second-order valence-electron chi connectivity index (χ2n) is 8.19. The maximum absolute atomic E-state index is 13.4. The van der Waals surface area contributed by atoms with E-state index >= 15 is 0 Å². The van der Waals surface area contributed by atoms with Crippen molar-refractivity contribution in [2.24, 2.45) is 0 Å². The Balaban J connectivity index is 1.61. The molecule has 0 spiro atoms. The molecule has 0 N–H and O–H groups in total. The van der Waals surface area contributed by atoms with Crippen molar-refractivity contribution in [3.05, 3.63) is 65.0 Å². The van der Waals surface area contributed by atoms with Crippen molar-refractivity contribution in [1.29, 1.82) is 0 Å². The van der Waals surface area contributed by atoms with Gasteiger partial charge in [0, 0.05) is 34.9 Å². The number of rotatable bonds is 4. The number of nitrogens with zero attached hydrogens (tertiary/aromatic N) is 6. The summed E-state index contributed by atoms with van der Waals surface area (Å²) in [7, 11) is 0. The van der Waals surface area contributed by atoms with Crippen LogP contribution in [-0.2, 0) is 6.54 Å². The van der Waals surface area contributed by atoms with Gasteiger partial charge < -0.3 is 4.90 Å². The number of fused-ring (bicyclic) bond motifs is 3. The van der Waals surface area contributed by atoms with Crippen LogP contribution in [0.4, 0.5) is 0 Å². The Labute approximate surface area is 174 Å². The molecule has 1 amide bonds. The standard InChI is InChI=1S/C23H24N6O/c1-15-11-18-13-19(22-25-26-27-29(22)21(18)12-16(15)2)14-28(20-5-3-4-6-20)23(30)17-7-9-24-10-8-17/h7-13,20H,3-6,14H2,1-2H3. The Morgan fingerprint density at radius 3 is 2.60 bits per heavy atom. The Hall–Kier alpha value is -3.35. The summed E-state index contributed by atoms with van der Waals surface area (Å²) < 4.78 is 1.79. The van der Waals surface area contributed by atoms with E-state index in [1.54, 1.807) is 29.0 Å². The van der Waals surface area contributed by atoms with Crippen molar-refractivity contribution in [2.75, 3.05) is 0 Å². The topological polar surface area (TPSA) is 76.3 Å². The largest absolute Gasteiger partial charge is 0.331 e. The zero-order valence-corrected chi connectivity index (χ0v) is 17.2. The molecule has 4 aromatic rings. The smallest absolute Gasteiger partial charge is 0.254 e. The molecule has 0 bridgehead atoms. The van der Waals surface area contributed by atoms with E-state index in [0.29, 0.717) is 17.8 Å². The van der Waals surface area contributed by atoms with Crippen molar-refractivity contribution in [2.45, 2.75) is 52.1 Å². The summed E-state index contributed by atoms with van der Waals surface area (Å²) in [5, 5.41) is 13.5. The van der Waals surface area contributed by atoms with Gasteiger partial charge in [-0.2, -0.15) is 4.52 Å². The summed E-state index contributed by atoms with van der Waals surface area (Å²) in [6.07, 6.45) is 7.71. The first-order chi connectivity index (χ1) is 14.6. The van der Waals surface area contributed by atoms with Crippen molar-refractivity contribution in [3.63, 3.8) is 0 Å². The lowest BCUT2D eigenvalue weighted by atomic mass is 10.0. The zero-order valence-electron chi connectivity index (χ0n) is 17.2. The fourth-order valence-corrected chi connectivity index (χ4v) is 4.47. The van der Waals surface area contributed by atoms with Crippen LogP contribution < -0.4 is 0 Å². The second-order valence-corrected chi connectivity index (χ2v) is 8.19. The first-order valence-electron chi connectivity index (χ1n) is 10.4. The summed E-state index contributed by atoms with van der Waals surface area (Å²) >= 11 is 0. The van der Waals surface area contributed by atoms with Crippen LogP contribution in [0.15, 0.2) is 42.7 Å². The van der Waals surface area contributed by atoms with Gasteiger partial charge in [-0.15, -0.1) is 5.10 Å². The Kier molecular flexibility index (Phi) is 4.65. The highest BCUT2D eigenvalue weighted by molar-refractivity contribution is 5.94. The molecule has 0 saturated heterocycles. The second kappa shape index (κ2) is 7.48. The number of aromatic nitrogens is 5. The van der Waals surface area contributed by atoms with Crippen molar-refractivity contribution >= 4 is 22.5 Å². The van der Waals surface area contributed by atoms with Crippen LogP contribution in [-0.4, -0.2) is 41.9 Å². The molecule has 0 aliphatic heterocycles. The molecule has 3 heterocycles. The first kappa shape index (κ1) is 18.7. The van der Waals surface area contributed by atoms with Gasteiger partial charge in [0.25, 0.3) is 5.91 Å². The van der Waals surface area contributed by atoms with Crippen molar-refractivity contribution in [3.8, 4) is 0 Å². The minimum absolute atomic E-state index is 0.0371. The molecule has 152 valence electrons. The lowest BCUT2D eigenvalue weighted by molar-refractivity contribution is 0.0665. The van der Waals surface area contributed by atoms with E-state index in [4.69, 9.17) is 0 Å². The average Bonchev–Trinajstić information content (AvgIpc) is 3.46. The molecule has 7 nitrogen and oxygen atoms in total. The van der Waals surface area contributed by atoms with Crippen LogP contribution >= 0.6 is 0 Å². The summed E-state index contributed by atoms with van der Waals surface area (Å²) in [6.45, 7) is 4.68. The number of aryl methyl sites for hydroxylation is 2. The number of hydrogen-bond donors (Lipinski definition) is 0. The fraction of sp³-hybridized carbons (Fsp3) is 0.348. The van der Waals surface area contributed by atoms with Crippen molar-refractivity contribution in [1.82, 2.24) is 29.9 Å². The van der Waals surface area contributed by atoms with Gasteiger partial charge in [-0.05, 0) is 78.6 Å². The fourth-order valence-electron chi connectivity index (χ4n) is 4.47. The molecule has 30 heavy (non-hydrogen) atoms. The molecule has 1 aromatic carbocycles. The highest BCUT2D eigenvalue weighted by Gasteiger charge is 2.28. The van der Waals surface area contributed by atoms with E-state index in [1.807, 2.05) is 4.90 Å². The summed E-state index contributed by atoms with van der Waals surface area (Å²) in [4.78, 5) is 19.5. The average molecular weight is 400 g/mol. The van der Waals surface area contributed by atoms with E-state index < -0.39 is 0 Å². The molecule has 5 rings (SSSR count). The third kappa shape index (κ3) is 3.20. The molecule has 0 radical (unpaired) electrons. The van der Waals surface area contributed by atoms with Gasteiger partial charge in [0.2, 0.25) is 0 Å². The Morgan fingerprint density at radius 2 is 1.83 bits per heavy atom. The molecule has 1 aliphatic carbocycles. The highest BCUT2D eigenvalue weighted by Crippen LogP contribution is 2.29. The minimum Gasteiger partial charge on any atom is -0.331 e. The third-order valence-electron chi connectivity index (χ3n) is 6.25. The minimum atomic E-state index is 0.0371. The van der Waals surface area contributed by atoms with Crippen LogP contribution in [0.25, 0.3) is 16.6 Å². The summed E-state index contributed by atoms with van der Waals surface area (Å²) in [5.41, 5.74) is 5.74. The predicted molar refractivity (Wildman–Crippen MR) is 114 cm³/mol. The van der Waals surface area contributed by atoms with E-state index in [1.165, 1.54) is 11.1 Å². The van der Waals surface area contributed by atoms with Gasteiger partial charge in [-0.1, -0.05) is 12.8 Å². The molecule has 7 heteroatoms. The van der Waals surface area contributed by atoms with Gasteiger partial charge in [-0.3, -0.25) is 9.78 Å². The molecule has 0 atom stereocenters. The number of tetrazole rings is 1. The molecule has 3 aromatic heterocycles. The first-order valence-corrected chi connectivity index (χ1v) is 10.4. The lowest BCUT2D eigenvalue weighted by Crippen LogP contribution is -2.38. The lowest BCUT2D eigenvalue weighted by Gasteiger charge is -2.29. The van der Waals surface area contributed by atoms with Gasteiger partial charge in [0.05, 0.1) is 12.1 Å². The van der Waals surface area contributed by atoms with Crippen LogP contribution in [0.1, 0.15) is 52.7 Å². The normalized spacial score (nSPS) is 14.6. The van der Waals surface area contributed by atoms with Crippen LogP contribution in [0, 0.1) is 13.8 Å².